The summed E-state index contributed by atoms with van der Waals surface area (Å²) in [5, 5.41) is 3.31. The minimum absolute atomic E-state index is 0.0941. The number of hydrogen-bond donors (Lipinski definition) is 1. The molecular weight excluding hydrogens is 430 g/mol. The van der Waals surface area contributed by atoms with Gasteiger partial charge in [0.15, 0.2) is 5.58 Å². The van der Waals surface area contributed by atoms with Gasteiger partial charge in [-0.15, -0.1) is 0 Å². The maximum atomic E-state index is 13.9. The van der Waals surface area contributed by atoms with Crippen LogP contribution in [0.2, 0.25) is 0 Å². The van der Waals surface area contributed by atoms with Gasteiger partial charge in [0.2, 0.25) is 5.91 Å². The van der Waals surface area contributed by atoms with Crippen LogP contribution in [0.5, 0.6) is 5.75 Å². The highest BCUT2D eigenvalue weighted by Gasteiger charge is 2.48. The number of amides is 2. The zero-order valence-electron chi connectivity index (χ0n) is 20.2. The van der Waals surface area contributed by atoms with Gasteiger partial charge in [-0.1, -0.05) is 37.8 Å². The van der Waals surface area contributed by atoms with Crippen molar-refractivity contribution in [2.45, 2.75) is 77.0 Å². The number of aryl methyl sites for hydroxylation is 1. The topological polar surface area (TPSA) is 76.7 Å². The first kappa shape index (κ1) is 22.6. The Kier molecular flexibility index (Phi) is 5.88. The number of carbonyl (C=O) groups is 2. The zero-order chi connectivity index (χ0) is 23.9. The standard InChI is InChI=1S/C27H33N3O4/c1-18-13-22-24(34-18)15-23-25(31)30(16-19-9-8-12-21(14-19)33-3)27(2,17-29(22)23)26(32)28-20-10-6-4-5-7-11-20/h8-9,12-15,20H,4-7,10-11,16-17H2,1-3H3,(H,28,32)/t27-/m1/s1. The van der Waals surface area contributed by atoms with Gasteiger partial charge in [0, 0.05) is 24.7 Å². The molecule has 7 nitrogen and oxygen atoms in total. The maximum absolute atomic E-state index is 13.9. The molecule has 7 heteroatoms. The van der Waals surface area contributed by atoms with Crippen molar-refractivity contribution >= 4 is 22.9 Å². The summed E-state index contributed by atoms with van der Waals surface area (Å²) < 4.78 is 13.1. The predicted octanol–water partition coefficient (Wildman–Crippen LogP) is 4.81. The van der Waals surface area contributed by atoms with E-state index in [0.717, 1.165) is 48.3 Å². The Morgan fingerprint density at radius 1 is 1.18 bits per heavy atom. The molecule has 1 atom stereocenters. The third kappa shape index (κ3) is 3.97. The summed E-state index contributed by atoms with van der Waals surface area (Å²) in [5.41, 5.74) is 1.96. The Labute approximate surface area is 200 Å². The number of nitrogens with zero attached hydrogens (tertiary/aromatic N) is 2. The van der Waals surface area contributed by atoms with Crippen LogP contribution in [-0.2, 0) is 17.9 Å². The fourth-order valence-corrected chi connectivity index (χ4v) is 5.43. The van der Waals surface area contributed by atoms with Crippen LogP contribution < -0.4 is 10.1 Å². The smallest absolute Gasteiger partial charge is 0.271 e. The van der Waals surface area contributed by atoms with E-state index in [4.69, 9.17) is 9.15 Å². The number of rotatable bonds is 5. The number of fused-ring (bicyclic) bond motifs is 3. The first-order chi connectivity index (χ1) is 16.4. The second-order valence-electron chi connectivity index (χ2n) is 9.90. The van der Waals surface area contributed by atoms with Crippen molar-refractivity contribution in [3.63, 3.8) is 0 Å². The van der Waals surface area contributed by atoms with Crippen molar-refractivity contribution in [3.05, 3.63) is 53.4 Å². The molecule has 0 radical (unpaired) electrons. The quantitative estimate of drug-likeness (QED) is 0.551. The van der Waals surface area contributed by atoms with Gasteiger partial charge in [0.05, 0.1) is 19.2 Å². The van der Waals surface area contributed by atoms with Crippen LogP contribution >= 0.6 is 0 Å². The van der Waals surface area contributed by atoms with E-state index in [2.05, 4.69) is 5.32 Å². The number of furan rings is 1. The second kappa shape index (κ2) is 8.85. The Bertz CT molecular complexity index is 1220. The van der Waals surface area contributed by atoms with Crippen molar-refractivity contribution in [2.75, 3.05) is 7.11 Å². The molecule has 1 N–H and O–H groups in total. The van der Waals surface area contributed by atoms with E-state index in [9.17, 15) is 9.59 Å². The third-order valence-corrected chi connectivity index (χ3v) is 7.39. The molecule has 3 aromatic rings. The van der Waals surface area contributed by atoms with Gasteiger partial charge >= 0.3 is 0 Å². The highest BCUT2D eigenvalue weighted by atomic mass is 16.5. The molecule has 2 aromatic heterocycles. The number of nitrogens with one attached hydrogen (secondary N) is 1. The lowest BCUT2D eigenvalue weighted by Gasteiger charge is -2.44. The van der Waals surface area contributed by atoms with Gasteiger partial charge in [-0.2, -0.15) is 0 Å². The highest BCUT2D eigenvalue weighted by Crippen LogP contribution is 2.35. The third-order valence-electron chi connectivity index (χ3n) is 7.39. The molecule has 2 amide bonds. The molecule has 0 unspecified atom stereocenters. The first-order valence-electron chi connectivity index (χ1n) is 12.2. The molecule has 1 aliphatic heterocycles. The molecule has 0 bridgehead atoms. The van der Waals surface area contributed by atoms with Crippen molar-refractivity contribution < 1.29 is 18.7 Å². The molecule has 2 aliphatic rings. The predicted molar refractivity (Wildman–Crippen MR) is 130 cm³/mol. The minimum atomic E-state index is -1.05. The van der Waals surface area contributed by atoms with Crippen molar-refractivity contribution in [1.82, 2.24) is 14.8 Å². The van der Waals surface area contributed by atoms with Crippen LogP contribution in [0.4, 0.5) is 0 Å². The number of benzene rings is 1. The number of ether oxygens (including phenoxy) is 1. The van der Waals surface area contributed by atoms with Gasteiger partial charge in [0.25, 0.3) is 5.91 Å². The second-order valence-corrected chi connectivity index (χ2v) is 9.90. The number of hydrogen-bond acceptors (Lipinski definition) is 4. The molecule has 1 saturated carbocycles. The Balaban J connectivity index is 1.53. The van der Waals surface area contributed by atoms with Gasteiger partial charge in [-0.25, -0.2) is 0 Å². The Hall–Kier alpha value is -3.22. The van der Waals surface area contributed by atoms with Crippen molar-refractivity contribution in [3.8, 4) is 5.75 Å². The average Bonchev–Trinajstić information content (AvgIpc) is 3.22. The van der Waals surface area contributed by atoms with Crippen LogP contribution in [0.15, 0.2) is 40.8 Å². The first-order valence-corrected chi connectivity index (χ1v) is 12.2. The molecule has 0 spiro atoms. The lowest BCUT2D eigenvalue weighted by atomic mass is 9.93. The summed E-state index contributed by atoms with van der Waals surface area (Å²) in [6, 6.07) is 11.6. The van der Waals surface area contributed by atoms with Crippen LogP contribution in [0.25, 0.3) is 11.1 Å². The van der Waals surface area contributed by atoms with Gasteiger partial charge in [-0.3, -0.25) is 9.59 Å². The molecule has 1 aliphatic carbocycles. The zero-order valence-corrected chi connectivity index (χ0v) is 20.2. The van der Waals surface area contributed by atoms with Gasteiger partial charge in [-0.05, 0) is 44.4 Å². The molecule has 5 rings (SSSR count). The lowest BCUT2D eigenvalue weighted by molar-refractivity contribution is -0.134. The van der Waals surface area contributed by atoms with Crippen molar-refractivity contribution in [2.24, 2.45) is 0 Å². The van der Waals surface area contributed by atoms with Crippen LogP contribution in [0, 0.1) is 6.92 Å². The fraction of sp³-hybridized carbons (Fsp3) is 0.481. The number of methoxy groups -OCH3 is 1. The lowest BCUT2D eigenvalue weighted by Crippen LogP contribution is -2.64. The van der Waals surface area contributed by atoms with Crippen molar-refractivity contribution in [1.29, 1.82) is 0 Å². The van der Waals surface area contributed by atoms with Gasteiger partial charge in [0.1, 0.15) is 22.7 Å². The van der Waals surface area contributed by atoms with E-state index >= 15 is 0 Å². The van der Waals surface area contributed by atoms with E-state index in [1.165, 1.54) is 12.8 Å². The summed E-state index contributed by atoms with van der Waals surface area (Å²) in [6.07, 6.45) is 6.68. The average molecular weight is 464 g/mol. The summed E-state index contributed by atoms with van der Waals surface area (Å²) in [7, 11) is 1.62. The fourth-order valence-electron chi connectivity index (χ4n) is 5.43. The molecule has 1 aromatic carbocycles. The largest absolute Gasteiger partial charge is 0.497 e. The molecular formula is C27H33N3O4. The molecule has 0 saturated heterocycles. The van der Waals surface area contributed by atoms with E-state index in [0.29, 0.717) is 24.4 Å². The number of carbonyl (C=O) groups excluding carboxylic acids is 2. The SMILES string of the molecule is COc1cccc(CN2C(=O)c3cc4oc(C)cc4n3C[C@]2(C)C(=O)NC2CCCCCC2)c1. The molecule has 34 heavy (non-hydrogen) atoms. The maximum Gasteiger partial charge on any atom is 0.271 e. The van der Waals surface area contributed by atoms with E-state index in [1.807, 2.05) is 48.7 Å². The summed E-state index contributed by atoms with van der Waals surface area (Å²) in [5.74, 6) is 1.25. The van der Waals surface area contributed by atoms with Crippen LogP contribution in [0.1, 0.15) is 67.3 Å². The van der Waals surface area contributed by atoms with Crippen LogP contribution in [0.3, 0.4) is 0 Å². The normalized spacial score (nSPS) is 21.4. The van der Waals surface area contributed by atoms with Gasteiger partial charge < -0.3 is 23.9 Å². The van der Waals surface area contributed by atoms with E-state index in [-0.39, 0.29) is 17.9 Å². The highest BCUT2D eigenvalue weighted by molar-refractivity contribution is 6.03. The number of aromatic nitrogens is 1. The Morgan fingerprint density at radius 2 is 1.94 bits per heavy atom. The summed E-state index contributed by atoms with van der Waals surface area (Å²) in [4.78, 5) is 29.4. The summed E-state index contributed by atoms with van der Waals surface area (Å²) >= 11 is 0. The van der Waals surface area contributed by atoms with Crippen LogP contribution in [-0.4, -0.2) is 40.0 Å². The van der Waals surface area contributed by atoms with E-state index in [1.54, 1.807) is 18.1 Å². The summed E-state index contributed by atoms with van der Waals surface area (Å²) in [6.45, 7) is 4.47. The molecule has 1 fully saturated rings. The molecule has 180 valence electrons. The minimum Gasteiger partial charge on any atom is -0.497 e. The Morgan fingerprint density at radius 3 is 2.68 bits per heavy atom. The molecule has 3 heterocycles. The monoisotopic (exact) mass is 463 g/mol. The van der Waals surface area contributed by atoms with E-state index < -0.39 is 5.54 Å².